The monoisotopic (exact) mass is 376 g/mol. The molecule has 3 aromatic rings. The number of halogens is 1. The van der Waals surface area contributed by atoms with E-state index in [4.69, 9.17) is 0 Å². The molecule has 1 heterocycles. The van der Waals surface area contributed by atoms with Gasteiger partial charge in [-0.1, -0.05) is 0 Å². The summed E-state index contributed by atoms with van der Waals surface area (Å²) in [7, 11) is 0. The molecular formula is C15H11BrN3Zn. The van der Waals surface area contributed by atoms with Crippen molar-refractivity contribution in [2.24, 2.45) is 0 Å². The van der Waals surface area contributed by atoms with Crippen LogP contribution in [-0.2, 0) is 18.3 Å². The van der Waals surface area contributed by atoms with Crippen LogP contribution in [0.25, 0.3) is 22.8 Å². The third-order valence-corrected chi connectivity index (χ3v) is 3.41. The van der Waals surface area contributed by atoms with Crippen molar-refractivity contribution in [3.05, 3.63) is 60.7 Å². The van der Waals surface area contributed by atoms with E-state index in [0.29, 0.717) is 0 Å². The molecule has 0 unspecified atom stereocenters. The van der Waals surface area contributed by atoms with Crippen LogP contribution in [0.5, 0.6) is 0 Å². The van der Waals surface area contributed by atoms with Gasteiger partial charge in [0.2, 0.25) is 0 Å². The Morgan fingerprint density at radius 3 is 1.40 bits per heavy atom. The molecule has 2 aromatic carbocycles. The van der Waals surface area contributed by atoms with Gasteiger partial charge in [-0.15, -0.1) is 17.0 Å². The van der Waals surface area contributed by atoms with E-state index in [0.717, 1.165) is 45.5 Å². The van der Waals surface area contributed by atoms with Crippen LogP contribution in [0.2, 0.25) is 0 Å². The molecule has 0 aliphatic rings. The fraction of sp³-hybridized carbons (Fsp3) is 0. The Hall–Kier alpha value is -1.45. The topological polar surface area (TPSA) is 38.7 Å². The summed E-state index contributed by atoms with van der Waals surface area (Å²) in [5, 5.41) is 0. The Morgan fingerprint density at radius 1 is 0.600 bits per heavy atom. The van der Waals surface area contributed by atoms with Gasteiger partial charge >= 0.3 is 121 Å². The molecule has 0 fully saturated rings. The van der Waals surface area contributed by atoms with E-state index in [2.05, 4.69) is 15.0 Å². The maximum atomic E-state index is 4.57. The number of aromatic nitrogens is 3. The van der Waals surface area contributed by atoms with Crippen molar-refractivity contribution in [2.75, 3.05) is 0 Å². The average Bonchev–Trinajstić information content (AvgIpc) is 2.48. The van der Waals surface area contributed by atoms with Gasteiger partial charge in [-0.25, -0.2) is 0 Å². The number of hydrogen-bond donors (Lipinski definition) is 0. The van der Waals surface area contributed by atoms with Crippen molar-refractivity contribution < 1.29 is 18.3 Å². The van der Waals surface area contributed by atoms with Crippen LogP contribution in [0, 0.1) is 0 Å². The minimum absolute atomic E-state index is 0. The fourth-order valence-electron chi connectivity index (χ4n) is 1.85. The normalized spacial score (nSPS) is 9.90. The van der Waals surface area contributed by atoms with Crippen LogP contribution in [0.3, 0.4) is 0 Å². The molecule has 0 saturated carbocycles. The van der Waals surface area contributed by atoms with Crippen molar-refractivity contribution in [1.29, 1.82) is 0 Å². The Bertz CT molecular complexity index is 632. The van der Waals surface area contributed by atoms with Crippen molar-refractivity contribution in [3.8, 4) is 22.8 Å². The Morgan fingerprint density at radius 2 is 1.00 bits per heavy atom. The van der Waals surface area contributed by atoms with Crippen LogP contribution in [0.1, 0.15) is 0 Å². The first-order chi connectivity index (χ1) is 9.33. The van der Waals surface area contributed by atoms with Gasteiger partial charge in [0.25, 0.3) is 0 Å². The predicted molar refractivity (Wildman–Crippen MR) is 80.7 cm³/mol. The first kappa shape index (κ1) is 15.0. The number of benzene rings is 2. The van der Waals surface area contributed by atoms with Crippen molar-refractivity contribution in [3.63, 3.8) is 0 Å². The molecule has 0 amide bonds. The number of nitrogens with zero attached hydrogens (tertiary/aromatic N) is 3. The van der Waals surface area contributed by atoms with Crippen LogP contribution < -0.4 is 4.42 Å². The SMILES string of the molecule is Br.[Zn][c]1nc(-c2ccccc2)nc(-c2ccccc2)n1. The molecule has 0 bridgehead atoms. The molecule has 95 valence electrons. The third kappa shape index (κ3) is 3.35. The zero-order valence-electron chi connectivity index (χ0n) is 10.7. The van der Waals surface area contributed by atoms with Crippen LogP contribution in [-0.4, -0.2) is 15.0 Å². The first-order valence-corrected chi connectivity index (χ1v) is 7.50. The van der Waals surface area contributed by atoms with Crippen LogP contribution in [0.4, 0.5) is 0 Å². The molecule has 0 atom stereocenters. The van der Waals surface area contributed by atoms with E-state index in [9.17, 15) is 0 Å². The van der Waals surface area contributed by atoms with Gasteiger partial charge in [0.1, 0.15) is 0 Å². The summed E-state index contributed by atoms with van der Waals surface area (Å²) in [5.41, 5.74) is 2.05. The van der Waals surface area contributed by atoms with Gasteiger partial charge < -0.3 is 0 Å². The molecule has 1 aromatic heterocycles. The summed E-state index contributed by atoms with van der Waals surface area (Å²) in [4.78, 5) is 13.5. The number of rotatable bonds is 2. The summed E-state index contributed by atoms with van der Waals surface area (Å²) in [5.74, 6) is 1.49. The van der Waals surface area contributed by atoms with E-state index in [-0.39, 0.29) is 17.0 Å². The Balaban J connectivity index is 0.00000147. The molecule has 0 radical (unpaired) electrons. The fourth-order valence-corrected chi connectivity index (χ4v) is 2.48. The summed E-state index contributed by atoms with van der Waals surface area (Å²) in [6.45, 7) is 0. The van der Waals surface area contributed by atoms with E-state index >= 15 is 0 Å². The van der Waals surface area contributed by atoms with E-state index < -0.39 is 0 Å². The third-order valence-electron chi connectivity index (χ3n) is 2.75. The molecule has 3 nitrogen and oxygen atoms in total. The molecule has 0 saturated heterocycles. The Kier molecular flexibility index (Phi) is 5.10. The van der Waals surface area contributed by atoms with E-state index in [1.54, 1.807) is 0 Å². The van der Waals surface area contributed by atoms with E-state index in [1.165, 1.54) is 0 Å². The predicted octanol–water partition coefficient (Wildman–Crippen LogP) is 2.96. The maximum absolute atomic E-state index is 4.57. The van der Waals surface area contributed by atoms with Gasteiger partial charge in [0.05, 0.1) is 0 Å². The van der Waals surface area contributed by atoms with Gasteiger partial charge in [0, 0.05) is 0 Å². The van der Waals surface area contributed by atoms with Crippen LogP contribution >= 0.6 is 17.0 Å². The molecule has 0 aliphatic carbocycles. The molecule has 0 N–H and O–H groups in total. The van der Waals surface area contributed by atoms with E-state index in [1.807, 2.05) is 60.7 Å². The van der Waals surface area contributed by atoms with Gasteiger partial charge in [-0.05, 0) is 0 Å². The molecule has 0 spiro atoms. The zero-order valence-corrected chi connectivity index (χ0v) is 15.4. The second-order valence-electron chi connectivity index (χ2n) is 4.13. The van der Waals surface area contributed by atoms with Gasteiger partial charge in [-0.2, -0.15) is 0 Å². The number of hydrogen-bond acceptors (Lipinski definition) is 3. The van der Waals surface area contributed by atoms with Crippen LogP contribution in [0.15, 0.2) is 60.7 Å². The summed E-state index contributed by atoms with van der Waals surface area (Å²) in [6, 6.07) is 20.0. The second kappa shape index (κ2) is 6.82. The summed E-state index contributed by atoms with van der Waals surface area (Å²) < 4.78 is 0.854. The van der Waals surface area contributed by atoms with Crippen molar-refractivity contribution in [1.82, 2.24) is 15.0 Å². The first-order valence-electron chi connectivity index (χ1n) is 6.02. The van der Waals surface area contributed by atoms with Gasteiger partial charge in [-0.3, -0.25) is 0 Å². The molecule has 5 heteroatoms. The molecular weight excluding hydrogens is 367 g/mol. The quantitative estimate of drug-likeness (QED) is 0.644. The zero-order chi connectivity index (χ0) is 13.1. The van der Waals surface area contributed by atoms with Crippen molar-refractivity contribution in [2.45, 2.75) is 0 Å². The van der Waals surface area contributed by atoms with Crippen molar-refractivity contribution >= 4 is 21.4 Å². The molecule has 0 aliphatic heterocycles. The minimum atomic E-state index is 0. The average molecular weight is 379 g/mol. The molecule has 3 rings (SSSR count). The molecule has 20 heavy (non-hydrogen) atoms. The second-order valence-corrected chi connectivity index (χ2v) is 5.46. The summed E-state index contributed by atoms with van der Waals surface area (Å²) in [6.07, 6.45) is 0. The summed E-state index contributed by atoms with van der Waals surface area (Å²) >= 11 is 0.919. The van der Waals surface area contributed by atoms with Gasteiger partial charge in [0.15, 0.2) is 0 Å². The Labute approximate surface area is 138 Å². The standard InChI is InChI=1S/C15H10N3.BrH.Zn/c1-3-7-12(8-4-1)14-16-11-17-15(18-14)13-9-5-2-6-10-13;;/h1-10H;1H;.